The summed E-state index contributed by atoms with van der Waals surface area (Å²) in [5.74, 6) is 0.527. The van der Waals surface area contributed by atoms with Crippen molar-refractivity contribution in [3.8, 4) is 0 Å². The Morgan fingerprint density at radius 3 is 2.53 bits per heavy atom. The number of rotatable bonds is 7. The first-order chi connectivity index (χ1) is 8.84. The summed E-state index contributed by atoms with van der Waals surface area (Å²) in [6.07, 6.45) is 0. The molecule has 0 bridgehead atoms. The van der Waals surface area contributed by atoms with Crippen LogP contribution in [0.3, 0.4) is 0 Å². The van der Waals surface area contributed by atoms with Crippen LogP contribution in [0.2, 0.25) is 0 Å². The van der Waals surface area contributed by atoms with Gasteiger partial charge in [0.25, 0.3) is 0 Å². The first kappa shape index (κ1) is 16.2. The van der Waals surface area contributed by atoms with Gasteiger partial charge in [0.05, 0.1) is 6.61 Å². The van der Waals surface area contributed by atoms with E-state index in [1.54, 1.807) is 20.8 Å². The van der Waals surface area contributed by atoms with Gasteiger partial charge in [-0.25, -0.2) is 8.42 Å². The van der Waals surface area contributed by atoms with Crippen LogP contribution in [0.25, 0.3) is 0 Å². The minimum absolute atomic E-state index is 0.0985. The van der Waals surface area contributed by atoms with Gasteiger partial charge in [-0.15, -0.1) is 0 Å². The zero-order valence-corrected chi connectivity index (χ0v) is 12.5. The number of aliphatic hydroxyl groups excluding tert-OH is 1. The molecule has 1 aromatic rings. The smallest absolute Gasteiger partial charge is 0.246 e. The van der Waals surface area contributed by atoms with Crippen LogP contribution in [0.5, 0.6) is 0 Å². The van der Waals surface area contributed by atoms with Crippen LogP contribution in [0.1, 0.15) is 25.4 Å². The van der Waals surface area contributed by atoms with Gasteiger partial charge < -0.3 is 14.3 Å². The molecule has 0 fully saturated rings. The zero-order chi connectivity index (χ0) is 14.6. The molecule has 0 aliphatic heterocycles. The molecule has 1 heterocycles. The highest BCUT2D eigenvalue weighted by Gasteiger charge is 2.30. The Kier molecular flexibility index (Phi) is 5.54. The maximum Gasteiger partial charge on any atom is 0.246 e. The van der Waals surface area contributed by atoms with Crippen molar-refractivity contribution in [2.75, 3.05) is 20.3 Å². The van der Waals surface area contributed by atoms with Crippen LogP contribution in [-0.4, -0.2) is 44.1 Å². The summed E-state index contributed by atoms with van der Waals surface area (Å²) in [7, 11) is -2.12. The van der Waals surface area contributed by atoms with E-state index in [-0.39, 0.29) is 35.6 Å². The zero-order valence-electron chi connectivity index (χ0n) is 11.7. The van der Waals surface area contributed by atoms with Gasteiger partial charge in [-0.05, 0) is 20.8 Å². The quantitative estimate of drug-likeness (QED) is 0.814. The third-order valence-electron chi connectivity index (χ3n) is 2.76. The van der Waals surface area contributed by atoms with E-state index in [1.807, 2.05) is 0 Å². The Hall–Kier alpha value is -0.890. The van der Waals surface area contributed by atoms with Gasteiger partial charge in [-0.2, -0.15) is 4.31 Å². The van der Waals surface area contributed by atoms with Gasteiger partial charge >= 0.3 is 0 Å². The molecular formula is C12H21NO5S. The lowest BCUT2D eigenvalue weighted by atomic mass is 10.4. The molecule has 1 N–H and O–H groups in total. The van der Waals surface area contributed by atoms with Crippen molar-refractivity contribution in [2.45, 2.75) is 38.3 Å². The van der Waals surface area contributed by atoms with Crippen LogP contribution in [0.4, 0.5) is 0 Å². The van der Waals surface area contributed by atoms with E-state index in [0.717, 1.165) is 0 Å². The summed E-state index contributed by atoms with van der Waals surface area (Å²) >= 11 is 0. The van der Waals surface area contributed by atoms with E-state index in [9.17, 15) is 8.42 Å². The molecule has 7 heteroatoms. The fourth-order valence-electron chi connectivity index (χ4n) is 1.82. The Bertz CT molecular complexity index is 506. The molecule has 0 amide bonds. The van der Waals surface area contributed by atoms with Crippen molar-refractivity contribution in [1.29, 1.82) is 0 Å². The molecule has 0 saturated carbocycles. The van der Waals surface area contributed by atoms with Crippen LogP contribution in [-0.2, 0) is 21.4 Å². The van der Waals surface area contributed by atoms with E-state index in [1.165, 1.54) is 17.5 Å². The molecule has 0 aliphatic rings. The standard InChI is InChI=1S/C12H21NO5S/c1-9(2)13(5-6-17-4)19(15,16)12-7-11(8-14)18-10(12)3/h7,9,14H,5-6,8H2,1-4H3. The summed E-state index contributed by atoms with van der Waals surface area (Å²) < 4.78 is 36.6. The minimum Gasteiger partial charge on any atom is -0.462 e. The third kappa shape index (κ3) is 3.56. The van der Waals surface area contributed by atoms with Crippen LogP contribution >= 0.6 is 0 Å². The molecule has 19 heavy (non-hydrogen) atoms. The predicted octanol–water partition coefficient (Wildman–Crippen LogP) is 1.13. The Morgan fingerprint density at radius 1 is 1.47 bits per heavy atom. The molecule has 1 aromatic heterocycles. The Morgan fingerprint density at radius 2 is 2.11 bits per heavy atom. The maximum atomic E-state index is 12.6. The second-order valence-corrected chi connectivity index (χ2v) is 6.35. The number of sulfonamides is 1. The number of hydrogen-bond donors (Lipinski definition) is 1. The van der Waals surface area contributed by atoms with E-state index < -0.39 is 10.0 Å². The average Bonchev–Trinajstić information content (AvgIpc) is 2.71. The maximum absolute atomic E-state index is 12.6. The predicted molar refractivity (Wildman–Crippen MR) is 70.3 cm³/mol. The first-order valence-electron chi connectivity index (χ1n) is 6.05. The summed E-state index contributed by atoms with van der Waals surface area (Å²) in [6.45, 7) is 5.44. The normalized spacial score (nSPS) is 12.6. The van der Waals surface area contributed by atoms with Gasteiger partial charge in [-0.3, -0.25) is 0 Å². The molecule has 0 spiro atoms. The van der Waals surface area contributed by atoms with Crippen molar-refractivity contribution in [2.24, 2.45) is 0 Å². The highest BCUT2D eigenvalue weighted by atomic mass is 32.2. The van der Waals surface area contributed by atoms with Gasteiger partial charge in [0.2, 0.25) is 10.0 Å². The molecule has 6 nitrogen and oxygen atoms in total. The van der Waals surface area contributed by atoms with Crippen molar-refractivity contribution in [1.82, 2.24) is 4.31 Å². The van der Waals surface area contributed by atoms with Crippen LogP contribution in [0, 0.1) is 6.92 Å². The fourth-order valence-corrected chi connectivity index (χ4v) is 3.63. The van der Waals surface area contributed by atoms with E-state index in [4.69, 9.17) is 14.3 Å². The van der Waals surface area contributed by atoms with Gasteiger partial charge in [0, 0.05) is 25.8 Å². The van der Waals surface area contributed by atoms with E-state index in [0.29, 0.717) is 6.61 Å². The number of ether oxygens (including phenoxy) is 1. The molecule has 0 unspecified atom stereocenters. The summed E-state index contributed by atoms with van der Waals surface area (Å²) in [4.78, 5) is 0.0985. The molecule has 110 valence electrons. The van der Waals surface area contributed by atoms with Crippen LogP contribution < -0.4 is 0 Å². The Labute approximate surface area is 114 Å². The molecule has 0 atom stereocenters. The van der Waals surface area contributed by atoms with Gasteiger partial charge in [0.15, 0.2) is 0 Å². The monoisotopic (exact) mass is 291 g/mol. The summed E-state index contributed by atoms with van der Waals surface area (Å²) in [5.41, 5.74) is 0. The van der Waals surface area contributed by atoms with Crippen molar-refractivity contribution in [3.63, 3.8) is 0 Å². The lowest BCUT2D eigenvalue weighted by Crippen LogP contribution is -2.39. The van der Waals surface area contributed by atoms with Crippen molar-refractivity contribution < 1.29 is 22.7 Å². The number of hydrogen-bond acceptors (Lipinski definition) is 5. The second kappa shape index (κ2) is 6.51. The molecule has 0 aliphatic carbocycles. The average molecular weight is 291 g/mol. The van der Waals surface area contributed by atoms with E-state index in [2.05, 4.69) is 0 Å². The number of aliphatic hydroxyl groups is 1. The van der Waals surface area contributed by atoms with Gasteiger partial charge in [-0.1, -0.05) is 0 Å². The number of furan rings is 1. The summed E-state index contributed by atoms with van der Waals surface area (Å²) in [5, 5.41) is 9.01. The molecule has 0 saturated heterocycles. The first-order valence-corrected chi connectivity index (χ1v) is 7.49. The molecule has 0 aromatic carbocycles. The highest BCUT2D eigenvalue weighted by Crippen LogP contribution is 2.25. The highest BCUT2D eigenvalue weighted by molar-refractivity contribution is 7.89. The molecule has 1 rings (SSSR count). The second-order valence-electron chi connectivity index (χ2n) is 4.49. The van der Waals surface area contributed by atoms with E-state index >= 15 is 0 Å². The van der Waals surface area contributed by atoms with Crippen molar-refractivity contribution >= 4 is 10.0 Å². The topological polar surface area (TPSA) is 80.0 Å². The molecule has 0 radical (unpaired) electrons. The SMILES string of the molecule is COCCN(C(C)C)S(=O)(=O)c1cc(CO)oc1C. The minimum atomic E-state index is -3.64. The third-order valence-corrected chi connectivity index (χ3v) is 4.94. The lowest BCUT2D eigenvalue weighted by molar-refractivity contribution is 0.171. The number of aryl methyl sites for hydroxylation is 1. The lowest BCUT2D eigenvalue weighted by Gasteiger charge is -2.25. The number of methoxy groups -OCH3 is 1. The van der Waals surface area contributed by atoms with Crippen molar-refractivity contribution in [3.05, 3.63) is 17.6 Å². The Balaban J connectivity index is 3.14. The molecular weight excluding hydrogens is 270 g/mol. The number of nitrogens with zero attached hydrogens (tertiary/aromatic N) is 1. The van der Waals surface area contributed by atoms with Crippen LogP contribution in [0.15, 0.2) is 15.4 Å². The van der Waals surface area contributed by atoms with Gasteiger partial charge in [0.1, 0.15) is 23.0 Å². The largest absolute Gasteiger partial charge is 0.462 e. The fraction of sp³-hybridized carbons (Fsp3) is 0.667. The summed E-state index contributed by atoms with van der Waals surface area (Å²) in [6, 6.07) is 1.18.